The van der Waals surface area contributed by atoms with Gasteiger partial charge >= 0.3 is 5.97 Å². The van der Waals surface area contributed by atoms with Crippen LogP contribution in [0.4, 0.5) is 0 Å². The van der Waals surface area contributed by atoms with Crippen LogP contribution in [0.25, 0.3) is 0 Å². The van der Waals surface area contributed by atoms with Crippen molar-refractivity contribution in [1.82, 2.24) is 4.90 Å². The van der Waals surface area contributed by atoms with E-state index in [0.29, 0.717) is 19.6 Å². The third-order valence-corrected chi connectivity index (χ3v) is 3.35. The van der Waals surface area contributed by atoms with Crippen LogP contribution >= 0.6 is 0 Å². The monoisotopic (exact) mass is 257 g/mol. The summed E-state index contributed by atoms with van der Waals surface area (Å²) in [4.78, 5) is 24.7. The molecule has 0 aromatic rings. The first-order valence-electron chi connectivity index (χ1n) is 6.53. The lowest BCUT2D eigenvalue weighted by atomic mass is 10.00. The zero-order chi connectivity index (χ0) is 13.8. The van der Waals surface area contributed by atoms with Crippen molar-refractivity contribution >= 4 is 11.9 Å². The highest BCUT2D eigenvalue weighted by atomic mass is 16.5. The van der Waals surface area contributed by atoms with Gasteiger partial charge in [-0.1, -0.05) is 0 Å². The van der Waals surface area contributed by atoms with Gasteiger partial charge in [0, 0.05) is 25.6 Å². The highest BCUT2D eigenvalue weighted by Crippen LogP contribution is 2.28. The number of carbonyl (C=O) groups is 2. The second-order valence-corrected chi connectivity index (χ2v) is 5.27. The van der Waals surface area contributed by atoms with E-state index in [9.17, 15) is 9.59 Å². The lowest BCUT2D eigenvalue weighted by molar-refractivity contribution is -0.153. The Morgan fingerprint density at radius 2 is 2.11 bits per heavy atom. The van der Waals surface area contributed by atoms with Crippen molar-refractivity contribution < 1.29 is 19.4 Å². The summed E-state index contributed by atoms with van der Waals surface area (Å²) in [6.45, 7) is 6.81. The number of carbonyl (C=O) groups excluding carboxylic acids is 1. The maximum absolute atomic E-state index is 12.4. The topological polar surface area (TPSA) is 66.8 Å². The Balaban J connectivity index is 2.60. The predicted molar refractivity (Wildman–Crippen MR) is 67.3 cm³/mol. The Kier molecular flexibility index (Phi) is 5.14. The summed E-state index contributed by atoms with van der Waals surface area (Å²) >= 11 is 0. The Morgan fingerprint density at radius 1 is 1.44 bits per heavy atom. The van der Waals surface area contributed by atoms with Crippen LogP contribution in [-0.2, 0) is 14.3 Å². The summed E-state index contributed by atoms with van der Waals surface area (Å²) < 4.78 is 5.55. The van der Waals surface area contributed by atoms with Gasteiger partial charge in [-0.05, 0) is 40.0 Å². The molecule has 0 aromatic carbocycles. The molecule has 5 heteroatoms. The third kappa shape index (κ3) is 3.70. The van der Waals surface area contributed by atoms with E-state index < -0.39 is 11.6 Å². The first-order chi connectivity index (χ1) is 8.37. The van der Waals surface area contributed by atoms with E-state index in [1.54, 1.807) is 4.90 Å². The van der Waals surface area contributed by atoms with Gasteiger partial charge in [-0.3, -0.25) is 9.59 Å². The summed E-state index contributed by atoms with van der Waals surface area (Å²) in [6, 6.07) is 0.0623. The number of aliphatic carboxylic acids is 1. The number of amides is 1. The summed E-state index contributed by atoms with van der Waals surface area (Å²) in [5.74, 6) is -0.838. The van der Waals surface area contributed by atoms with E-state index in [1.165, 1.54) is 0 Å². The maximum Gasteiger partial charge on any atom is 0.303 e. The van der Waals surface area contributed by atoms with Crippen LogP contribution in [-0.4, -0.2) is 46.7 Å². The maximum atomic E-state index is 12.4. The molecule has 0 aliphatic carbocycles. The van der Waals surface area contributed by atoms with E-state index in [4.69, 9.17) is 9.84 Å². The van der Waals surface area contributed by atoms with E-state index in [2.05, 4.69) is 0 Å². The molecule has 1 unspecified atom stereocenters. The number of hydrogen-bond donors (Lipinski definition) is 1. The second-order valence-electron chi connectivity index (χ2n) is 5.27. The van der Waals surface area contributed by atoms with Gasteiger partial charge in [0.1, 0.15) is 5.60 Å². The molecule has 0 saturated carbocycles. The quantitative estimate of drug-likeness (QED) is 0.785. The molecular weight excluding hydrogens is 234 g/mol. The number of rotatable bonds is 6. The standard InChI is InChI=1S/C13H23NO4/c1-10(2)14(8-4-6-11(15)16)12(17)13(3)7-5-9-18-13/h10H,4-9H2,1-3H3,(H,15,16). The van der Waals surface area contributed by atoms with Gasteiger partial charge in [-0.15, -0.1) is 0 Å². The van der Waals surface area contributed by atoms with E-state index in [0.717, 1.165) is 12.8 Å². The molecule has 0 aromatic heterocycles. The van der Waals surface area contributed by atoms with Gasteiger partial charge in [0.15, 0.2) is 0 Å². The van der Waals surface area contributed by atoms with Crippen LogP contribution in [0, 0.1) is 0 Å². The fourth-order valence-corrected chi connectivity index (χ4v) is 2.25. The first-order valence-corrected chi connectivity index (χ1v) is 6.53. The molecule has 0 radical (unpaired) electrons. The minimum absolute atomic E-state index is 0.0135. The molecule has 1 amide bonds. The average molecular weight is 257 g/mol. The van der Waals surface area contributed by atoms with Crippen LogP contribution in [0.15, 0.2) is 0 Å². The number of carboxylic acids is 1. The van der Waals surface area contributed by atoms with Crippen molar-refractivity contribution in [3.8, 4) is 0 Å². The normalized spacial score (nSPS) is 23.3. The zero-order valence-electron chi connectivity index (χ0n) is 11.4. The SMILES string of the molecule is CC(C)N(CCCC(=O)O)C(=O)C1(C)CCCO1. The van der Waals surface area contributed by atoms with E-state index in [-0.39, 0.29) is 18.4 Å². The van der Waals surface area contributed by atoms with Crippen molar-refractivity contribution in [2.24, 2.45) is 0 Å². The van der Waals surface area contributed by atoms with Gasteiger partial charge in [0.25, 0.3) is 5.91 Å². The van der Waals surface area contributed by atoms with E-state index >= 15 is 0 Å². The molecule has 18 heavy (non-hydrogen) atoms. The largest absolute Gasteiger partial charge is 0.481 e. The molecule has 0 bridgehead atoms. The first kappa shape index (κ1) is 15.0. The fraction of sp³-hybridized carbons (Fsp3) is 0.846. The molecule has 1 heterocycles. The minimum Gasteiger partial charge on any atom is -0.481 e. The summed E-state index contributed by atoms with van der Waals surface area (Å²) in [6.07, 6.45) is 2.22. The second kappa shape index (κ2) is 6.18. The van der Waals surface area contributed by atoms with Crippen molar-refractivity contribution in [1.29, 1.82) is 0 Å². The Bertz CT molecular complexity index is 308. The van der Waals surface area contributed by atoms with Crippen molar-refractivity contribution in [2.45, 2.75) is 58.1 Å². The number of hydrogen-bond acceptors (Lipinski definition) is 3. The molecule has 1 rings (SSSR count). The van der Waals surface area contributed by atoms with Gasteiger partial charge < -0.3 is 14.7 Å². The summed E-state index contributed by atoms with van der Waals surface area (Å²) in [5, 5.41) is 8.64. The molecule has 1 atom stereocenters. The molecule has 1 aliphatic heterocycles. The van der Waals surface area contributed by atoms with Gasteiger partial charge in [-0.25, -0.2) is 0 Å². The molecule has 1 saturated heterocycles. The molecule has 1 fully saturated rings. The number of nitrogens with zero attached hydrogens (tertiary/aromatic N) is 1. The molecule has 104 valence electrons. The van der Waals surface area contributed by atoms with Gasteiger partial charge in [0.05, 0.1) is 0 Å². The number of carboxylic acid groups (broad SMARTS) is 1. The van der Waals surface area contributed by atoms with Crippen molar-refractivity contribution in [2.75, 3.05) is 13.2 Å². The minimum atomic E-state index is -0.825. The Labute approximate surface area is 108 Å². The fourth-order valence-electron chi connectivity index (χ4n) is 2.25. The smallest absolute Gasteiger partial charge is 0.303 e. The van der Waals surface area contributed by atoms with Crippen molar-refractivity contribution in [3.63, 3.8) is 0 Å². The lowest BCUT2D eigenvalue weighted by Gasteiger charge is -2.34. The van der Waals surface area contributed by atoms with Gasteiger partial charge in [-0.2, -0.15) is 0 Å². The van der Waals surface area contributed by atoms with E-state index in [1.807, 2.05) is 20.8 Å². The zero-order valence-corrected chi connectivity index (χ0v) is 11.4. The van der Waals surface area contributed by atoms with Crippen molar-refractivity contribution in [3.05, 3.63) is 0 Å². The van der Waals surface area contributed by atoms with Crippen LogP contribution < -0.4 is 0 Å². The molecule has 1 aliphatic rings. The molecule has 0 spiro atoms. The lowest BCUT2D eigenvalue weighted by Crippen LogP contribution is -2.50. The summed E-state index contributed by atoms with van der Waals surface area (Å²) in [7, 11) is 0. The van der Waals surface area contributed by atoms with Crippen LogP contribution in [0.5, 0.6) is 0 Å². The predicted octanol–water partition coefficient (Wildman–Crippen LogP) is 1.66. The summed E-state index contributed by atoms with van der Waals surface area (Å²) in [5.41, 5.74) is -0.715. The van der Waals surface area contributed by atoms with Gasteiger partial charge in [0.2, 0.25) is 0 Å². The van der Waals surface area contributed by atoms with Crippen LogP contribution in [0.1, 0.15) is 46.5 Å². The molecular formula is C13H23NO4. The number of ether oxygens (including phenoxy) is 1. The highest BCUT2D eigenvalue weighted by Gasteiger charge is 2.41. The molecule has 5 nitrogen and oxygen atoms in total. The van der Waals surface area contributed by atoms with Crippen LogP contribution in [0.2, 0.25) is 0 Å². The third-order valence-electron chi connectivity index (χ3n) is 3.35. The Morgan fingerprint density at radius 3 is 2.56 bits per heavy atom. The highest BCUT2D eigenvalue weighted by molar-refractivity contribution is 5.85. The average Bonchev–Trinajstić information content (AvgIpc) is 2.71. The molecule has 1 N–H and O–H groups in total. The Hall–Kier alpha value is -1.10. The van der Waals surface area contributed by atoms with Crippen LogP contribution in [0.3, 0.4) is 0 Å².